The van der Waals surface area contributed by atoms with Crippen LogP contribution >= 0.6 is 11.6 Å². The van der Waals surface area contributed by atoms with Gasteiger partial charge < -0.3 is 4.74 Å². The van der Waals surface area contributed by atoms with Crippen molar-refractivity contribution in [1.82, 2.24) is 14.8 Å². The number of halogens is 1. The summed E-state index contributed by atoms with van der Waals surface area (Å²) in [4.78, 5) is 16.2. The Hall–Kier alpha value is -1.62. The number of nitrogens with zero attached hydrogens (tertiary/aromatic N) is 3. The summed E-state index contributed by atoms with van der Waals surface area (Å²) >= 11 is 6.30. The molecule has 0 bridgehead atoms. The highest BCUT2D eigenvalue weighted by Crippen LogP contribution is 2.33. The van der Waals surface area contributed by atoms with Crippen LogP contribution in [0.5, 0.6) is 0 Å². The fraction of sp³-hybridized carbons (Fsp3) is 0.500. The van der Waals surface area contributed by atoms with Gasteiger partial charge in [-0.25, -0.2) is 14.5 Å². The number of carbonyl (C=O) groups is 1. The minimum atomic E-state index is -0.444. The van der Waals surface area contributed by atoms with Gasteiger partial charge in [0, 0.05) is 6.20 Å². The number of rotatable bonds is 3. The summed E-state index contributed by atoms with van der Waals surface area (Å²) in [6.07, 6.45) is 7.86. The molecule has 5 nitrogen and oxygen atoms in total. The first-order valence-corrected chi connectivity index (χ1v) is 7.29. The van der Waals surface area contributed by atoms with Gasteiger partial charge in [-0.2, -0.15) is 5.10 Å². The van der Waals surface area contributed by atoms with E-state index < -0.39 is 5.97 Å². The Labute approximate surface area is 121 Å². The number of aromatic nitrogens is 3. The van der Waals surface area contributed by atoms with Crippen molar-refractivity contribution in [3.05, 3.63) is 23.0 Å². The highest BCUT2D eigenvalue weighted by Gasteiger charge is 2.23. The highest BCUT2D eigenvalue weighted by atomic mass is 35.5. The van der Waals surface area contributed by atoms with Crippen molar-refractivity contribution in [1.29, 1.82) is 0 Å². The van der Waals surface area contributed by atoms with Gasteiger partial charge in [-0.15, -0.1) is 0 Å². The van der Waals surface area contributed by atoms with Crippen molar-refractivity contribution in [2.24, 2.45) is 0 Å². The van der Waals surface area contributed by atoms with Crippen molar-refractivity contribution >= 4 is 28.6 Å². The first-order valence-electron chi connectivity index (χ1n) is 6.91. The van der Waals surface area contributed by atoms with Crippen molar-refractivity contribution in [3.8, 4) is 0 Å². The Bertz CT molecular complexity index is 647. The molecule has 0 amide bonds. The van der Waals surface area contributed by atoms with E-state index >= 15 is 0 Å². The normalized spacial score (nSPS) is 15.9. The van der Waals surface area contributed by atoms with E-state index in [1.807, 2.05) is 4.68 Å². The fourth-order valence-corrected chi connectivity index (χ4v) is 2.99. The number of fused-ring (bicyclic) bond motifs is 1. The highest BCUT2D eigenvalue weighted by molar-refractivity contribution is 6.38. The van der Waals surface area contributed by atoms with E-state index in [2.05, 4.69) is 10.1 Å². The maximum atomic E-state index is 11.8. The summed E-state index contributed by atoms with van der Waals surface area (Å²) < 4.78 is 6.91. The molecule has 1 saturated carbocycles. The van der Waals surface area contributed by atoms with Gasteiger partial charge in [-0.3, -0.25) is 0 Å². The second-order valence-corrected chi connectivity index (χ2v) is 5.35. The predicted octanol–water partition coefficient (Wildman–Crippen LogP) is 3.38. The molecule has 2 aromatic rings. The van der Waals surface area contributed by atoms with Crippen LogP contribution in [-0.4, -0.2) is 27.3 Å². The van der Waals surface area contributed by atoms with Gasteiger partial charge >= 0.3 is 5.97 Å². The Balaban J connectivity index is 2.04. The Kier molecular flexibility index (Phi) is 3.61. The van der Waals surface area contributed by atoms with Crippen molar-refractivity contribution in [2.75, 3.05) is 6.61 Å². The van der Waals surface area contributed by atoms with Gasteiger partial charge in [-0.05, 0) is 19.8 Å². The van der Waals surface area contributed by atoms with Crippen LogP contribution in [0.1, 0.15) is 49.0 Å². The third kappa shape index (κ3) is 2.16. The summed E-state index contributed by atoms with van der Waals surface area (Å²) in [6, 6.07) is 0.393. The average Bonchev–Trinajstić information content (AvgIpc) is 3.07. The van der Waals surface area contributed by atoms with E-state index in [1.165, 1.54) is 19.0 Å². The maximum absolute atomic E-state index is 11.8. The zero-order valence-electron chi connectivity index (χ0n) is 11.3. The summed E-state index contributed by atoms with van der Waals surface area (Å²) in [6.45, 7) is 2.07. The van der Waals surface area contributed by atoms with E-state index in [-0.39, 0.29) is 0 Å². The number of pyridine rings is 1. The fourth-order valence-electron chi connectivity index (χ4n) is 2.73. The van der Waals surface area contributed by atoms with Gasteiger partial charge in [0.2, 0.25) is 0 Å². The average molecular weight is 294 g/mol. The number of carbonyl (C=O) groups excluding carboxylic acids is 1. The number of hydrogen-bond donors (Lipinski definition) is 0. The van der Waals surface area contributed by atoms with Crippen LogP contribution < -0.4 is 0 Å². The zero-order chi connectivity index (χ0) is 14.1. The van der Waals surface area contributed by atoms with Crippen molar-refractivity contribution in [3.63, 3.8) is 0 Å². The molecule has 1 aliphatic carbocycles. The lowest BCUT2D eigenvalue weighted by Crippen LogP contribution is -2.09. The summed E-state index contributed by atoms with van der Waals surface area (Å²) in [5.41, 5.74) is 1.04. The minimum absolute atomic E-state index is 0.298. The standard InChI is InChI=1S/C14H16ClN3O2/c1-2-20-14(19)11-7-16-13-10(12(11)15)8-17-18(13)9-5-3-4-6-9/h7-9H,2-6H2,1H3. The molecule has 2 heterocycles. The molecule has 1 fully saturated rings. The smallest absolute Gasteiger partial charge is 0.341 e. The first kappa shape index (κ1) is 13.4. The van der Waals surface area contributed by atoms with Crippen molar-refractivity contribution < 1.29 is 9.53 Å². The first-order chi connectivity index (χ1) is 9.72. The van der Waals surface area contributed by atoms with E-state index in [1.54, 1.807) is 13.1 Å². The number of hydrogen-bond acceptors (Lipinski definition) is 4. The Morgan fingerprint density at radius 2 is 2.20 bits per heavy atom. The molecule has 0 saturated heterocycles. The molecular formula is C14H16ClN3O2. The van der Waals surface area contributed by atoms with Crippen LogP contribution in [0.2, 0.25) is 5.02 Å². The zero-order valence-corrected chi connectivity index (χ0v) is 12.1. The second kappa shape index (κ2) is 5.40. The van der Waals surface area contributed by atoms with E-state index in [9.17, 15) is 4.79 Å². The molecule has 3 rings (SSSR count). The Morgan fingerprint density at radius 3 is 2.90 bits per heavy atom. The third-order valence-electron chi connectivity index (χ3n) is 3.72. The quantitative estimate of drug-likeness (QED) is 0.814. The predicted molar refractivity (Wildman–Crippen MR) is 76.0 cm³/mol. The lowest BCUT2D eigenvalue weighted by Gasteiger charge is -2.11. The SMILES string of the molecule is CCOC(=O)c1cnc2c(cnn2C2CCCC2)c1Cl. The number of ether oxygens (including phenoxy) is 1. The van der Waals surface area contributed by atoms with Gasteiger partial charge in [0.25, 0.3) is 0 Å². The molecule has 0 aliphatic heterocycles. The molecule has 0 N–H and O–H groups in total. The van der Waals surface area contributed by atoms with E-state index in [4.69, 9.17) is 16.3 Å². The molecule has 6 heteroatoms. The third-order valence-corrected chi connectivity index (χ3v) is 4.13. The minimum Gasteiger partial charge on any atom is -0.462 e. The summed E-state index contributed by atoms with van der Waals surface area (Å²) in [5.74, 6) is -0.444. The molecule has 2 aromatic heterocycles. The monoisotopic (exact) mass is 293 g/mol. The van der Waals surface area contributed by atoms with Crippen LogP contribution in [0.3, 0.4) is 0 Å². The van der Waals surface area contributed by atoms with Gasteiger partial charge in [0.15, 0.2) is 5.65 Å². The molecule has 0 spiro atoms. The molecule has 1 aliphatic rings. The molecule has 106 valence electrons. The van der Waals surface area contributed by atoms with Crippen molar-refractivity contribution in [2.45, 2.75) is 38.6 Å². The largest absolute Gasteiger partial charge is 0.462 e. The molecular weight excluding hydrogens is 278 g/mol. The van der Waals surface area contributed by atoms with Crippen LogP contribution in [0.4, 0.5) is 0 Å². The number of esters is 1. The van der Waals surface area contributed by atoms with Gasteiger partial charge in [0.1, 0.15) is 0 Å². The van der Waals surface area contributed by atoms with E-state index in [0.717, 1.165) is 18.5 Å². The van der Waals surface area contributed by atoms with Gasteiger partial charge in [0.05, 0.1) is 34.8 Å². The molecule has 0 aromatic carbocycles. The van der Waals surface area contributed by atoms with E-state index in [0.29, 0.717) is 28.6 Å². The molecule has 0 radical (unpaired) electrons. The lowest BCUT2D eigenvalue weighted by atomic mass is 10.2. The van der Waals surface area contributed by atoms with Gasteiger partial charge in [-0.1, -0.05) is 24.4 Å². The van der Waals surface area contributed by atoms with Crippen LogP contribution in [0.25, 0.3) is 11.0 Å². The topological polar surface area (TPSA) is 57.0 Å². The second-order valence-electron chi connectivity index (χ2n) is 4.97. The Morgan fingerprint density at radius 1 is 1.45 bits per heavy atom. The van der Waals surface area contributed by atoms with Crippen LogP contribution in [-0.2, 0) is 4.74 Å². The molecule has 0 atom stereocenters. The lowest BCUT2D eigenvalue weighted by molar-refractivity contribution is 0.0526. The molecule has 0 unspecified atom stereocenters. The summed E-state index contributed by atoms with van der Waals surface area (Å²) in [7, 11) is 0. The summed E-state index contributed by atoms with van der Waals surface area (Å²) in [5, 5.41) is 5.49. The van der Waals surface area contributed by atoms with Crippen LogP contribution in [0, 0.1) is 0 Å². The maximum Gasteiger partial charge on any atom is 0.341 e. The molecule has 20 heavy (non-hydrogen) atoms. The van der Waals surface area contributed by atoms with Crippen LogP contribution in [0.15, 0.2) is 12.4 Å².